The molecule has 0 aliphatic carbocycles. The summed E-state index contributed by atoms with van der Waals surface area (Å²) in [6.07, 6.45) is 3.90. The molecule has 2 N–H and O–H groups in total. The van der Waals surface area contributed by atoms with E-state index in [1.54, 1.807) is 0 Å². The molecule has 5 nitrogen and oxygen atoms in total. The molecule has 0 radical (unpaired) electrons. The number of hydrogen-bond donors (Lipinski definition) is 1. The first-order valence-corrected chi connectivity index (χ1v) is 9.43. The van der Waals surface area contributed by atoms with E-state index in [2.05, 4.69) is 24.0 Å². The highest BCUT2D eigenvalue weighted by molar-refractivity contribution is 5.94. The largest absolute Gasteiger partial charge is 0.369 e. The van der Waals surface area contributed by atoms with Gasteiger partial charge in [0.25, 0.3) is 5.91 Å². The number of carbonyl (C=O) groups is 2. The van der Waals surface area contributed by atoms with Crippen molar-refractivity contribution in [1.29, 1.82) is 0 Å². The Balaban J connectivity index is 1.53. The molecule has 5 heteroatoms. The smallest absolute Gasteiger partial charge is 0.253 e. The van der Waals surface area contributed by atoms with Crippen LogP contribution in [0.4, 0.5) is 0 Å². The molecular formula is C20H29N3O2. The number of amides is 2. The van der Waals surface area contributed by atoms with Gasteiger partial charge in [-0.1, -0.05) is 19.1 Å². The molecule has 2 heterocycles. The van der Waals surface area contributed by atoms with E-state index in [0.29, 0.717) is 25.9 Å². The molecule has 2 aliphatic heterocycles. The van der Waals surface area contributed by atoms with Crippen LogP contribution in [0.1, 0.15) is 48.5 Å². The molecule has 3 rings (SSSR count). The number of nitrogens with zero attached hydrogens (tertiary/aromatic N) is 2. The summed E-state index contributed by atoms with van der Waals surface area (Å²) in [5.41, 5.74) is 7.35. The van der Waals surface area contributed by atoms with Gasteiger partial charge in [-0.2, -0.15) is 0 Å². The van der Waals surface area contributed by atoms with Gasteiger partial charge in [0.1, 0.15) is 0 Å². The summed E-state index contributed by atoms with van der Waals surface area (Å²) in [5, 5.41) is 0. The molecule has 2 aliphatic rings. The normalized spacial score (nSPS) is 20.6. The highest BCUT2D eigenvalue weighted by Gasteiger charge is 2.26. The average molecular weight is 343 g/mol. The third-order valence-corrected chi connectivity index (χ3v) is 5.67. The van der Waals surface area contributed by atoms with E-state index >= 15 is 0 Å². The van der Waals surface area contributed by atoms with E-state index in [-0.39, 0.29) is 17.7 Å². The lowest BCUT2D eigenvalue weighted by Crippen LogP contribution is -2.41. The van der Waals surface area contributed by atoms with Crippen LogP contribution in [0.25, 0.3) is 0 Å². The highest BCUT2D eigenvalue weighted by atomic mass is 16.2. The van der Waals surface area contributed by atoms with Crippen molar-refractivity contribution in [3.63, 3.8) is 0 Å². The molecule has 0 atom stereocenters. The van der Waals surface area contributed by atoms with Crippen LogP contribution in [0.2, 0.25) is 0 Å². The van der Waals surface area contributed by atoms with Crippen LogP contribution in [-0.4, -0.2) is 47.8 Å². The van der Waals surface area contributed by atoms with E-state index in [1.807, 2.05) is 17.0 Å². The summed E-state index contributed by atoms with van der Waals surface area (Å²) in [5.74, 6) is 0.568. The first kappa shape index (κ1) is 17.9. The maximum atomic E-state index is 12.6. The first-order valence-electron chi connectivity index (χ1n) is 9.43. The second kappa shape index (κ2) is 8.00. The Kier molecular flexibility index (Phi) is 5.74. The summed E-state index contributed by atoms with van der Waals surface area (Å²) in [4.78, 5) is 28.2. The summed E-state index contributed by atoms with van der Waals surface area (Å²) < 4.78 is 0. The average Bonchev–Trinajstić information content (AvgIpc) is 2.64. The molecule has 0 saturated carbocycles. The zero-order valence-corrected chi connectivity index (χ0v) is 15.1. The number of nitrogens with two attached hydrogens (primary N) is 1. The molecular weight excluding hydrogens is 314 g/mol. The second-order valence-corrected chi connectivity index (χ2v) is 7.62. The van der Waals surface area contributed by atoms with Crippen molar-refractivity contribution in [1.82, 2.24) is 9.80 Å². The standard InChI is InChI=1S/C20H29N3O2/c1-15-6-10-22(11-7-15)14-16-2-4-18(5-3-16)20(25)23-12-8-17(9-13-23)19(21)24/h2-5,15,17H,6-14H2,1H3,(H2,21,24). The van der Waals surface area contributed by atoms with Gasteiger partial charge in [0, 0.05) is 31.1 Å². The summed E-state index contributed by atoms with van der Waals surface area (Å²) in [6.45, 7) is 6.84. The molecule has 0 bridgehead atoms. The zero-order chi connectivity index (χ0) is 17.8. The van der Waals surface area contributed by atoms with Crippen LogP contribution in [0, 0.1) is 11.8 Å². The molecule has 1 aromatic rings. The maximum Gasteiger partial charge on any atom is 0.253 e. The Hall–Kier alpha value is -1.88. The quantitative estimate of drug-likeness (QED) is 0.912. The number of hydrogen-bond acceptors (Lipinski definition) is 3. The Bertz CT molecular complexity index is 598. The molecule has 2 saturated heterocycles. The van der Waals surface area contributed by atoms with Crippen molar-refractivity contribution in [2.24, 2.45) is 17.6 Å². The van der Waals surface area contributed by atoms with E-state index < -0.39 is 0 Å². The van der Waals surface area contributed by atoms with Crippen molar-refractivity contribution in [3.8, 4) is 0 Å². The fraction of sp³-hybridized carbons (Fsp3) is 0.600. The minimum atomic E-state index is -0.247. The van der Waals surface area contributed by atoms with E-state index in [9.17, 15) is 9.59 Å². The van der Waals surface area contributed by atoms with Gasteiger partial charge in [0.2, 0.25) is 5.91 Å². The Morgan fingerprint density at radius 2 is 1.60 bits per heavy atom. The third-order valence-electron chi connectivity index (χ3n) is 5.67. The summed E-state index contributed by atoms with van der Waals surface area (Å²) in [6, 6.07) is 8.01. The van der Waals surface area contributed by atoms with Gasteiger partial charge < -0.3 is 10.6 Å². The van der Waals surface area contributed by atoms with Crippen molar-refractivity contribution >= 4 is 11.8 Å². The lowest BCUT2D eigenvalue weighted by molar-refractivity contribution is -0.123. The third kappa shape index (κ3) is 4.60. The lowest BCUT2D eigenvalue weighted by Gasteiger charge is -2.31. The van der Waals surface area contributed by atoms with Crippen molar-refractivity contribution in [2.75, 3.05) is 26.2 Å². The van der Waals surface area contributed by atoms with E-state index in [0.717, 1.165) is 31.1 Å². The fourth-order valence-corrected chi connectivity index (χ4v) is 3.78. The fourth-order valence-electron chi connectivity index (χ4n) is 3.78. The SMILES string of the molecule is CC1CCN(Cc2ccc(C(=O)N3CCC(C(N)=O)CC3)cc2)CC1. The van der Waals surface area contributed by atoms with Crippen LogP contribution in [-0.2, 0) is 11.3 Å². The van der Waals surface area contributed by atoms with E-state index in [1.165, 1.54) is 18.4 Å². The highest BCUT2D eigenvalue weighted by Crippen LogP contribution is 2.20. The van der Waals surface area contributed by atoms with Crippen molar-refractivity contribution in [2.45, 2.75) is 39.2 Å². The Labute approximate surface area is 150 Å². The summed E-state index contributed by atoms with van der Waals surface area (Å²) in [7, 11) is 0. The number of benzene rings is 1. The van der Waals surface area contributed by atoms with Gasteiger partial charge in [0.15, 0.2) is 0 Å². The van der Waals surface area contributed by atoms with Crippen LogP contribution < -0.4 is 5.73 Å². The predicted molar refractivity (Wildman–Crippen MR) is 97.9 cm³/mol. The minimum Gasteiger partial charge on any atom is -0.369 e. The molecule has 136 valence electrons. The molecule has 0 unspecified atom stereocenters. The van der Waals surface area contributed by atoms with Gasteiger partial charge in [-0.25, -0.2) is 0 Å². The van der Waals surface area contributed by atoms with Crippen molar-refractivity contribution < 1.29 is 9.59 Å². The number of likely N-dealkylation sites (tertiary alicyclic amines) is 2. The van der Waals surface area contributed by atoms with Crippen molar-refractivity contribution in [3.05, 3.63) is 35.4 Å². The molecule has 2 fully saturated rings. The number of piperidine rings is 2. The summed E-state index contributed by atoms with van der Waals surface area (Å²) >= 11 is 0. The van der Waals surface area contributed by atoms with Crippen LogP contribution in [0.3, 0.4) is 0 Å². The molecule has 2 amide bonds. The Morgan fingerprint density at radius 3 is 2.16 bits per heavy atom. The topological polar surface area (TPSA) is 66.6 Å². The molecule has 0 aromatic heterocycles. The zero-order valence-electron chi connectivity index (χ0n) is 15.1. The first-order chi connectivity index (χ1) is 12.0. The number of carbonyl (C=O) groups excluding carboxylic acids is 2. The minimum absolute atomic E-state index is 0.0567. The maximum absolute atomic E-state index is 12.6. The van der Waals surface area contributed by atoms with Gasteiger partial charge in [-0.3, -0.25) is 14.5 Å². The molecule has 25 heavy (non-hydrogen) atoms. The van der Waals surface area contributed by atoms with Gasteiger partial charge in [-0.05, 0) is 62.4 Å². The van der Waals surface area contributed by atoms with Gasteiger partial charge in [-0.15, -0.1) is 0 Å². The lowest BCUT2D eigenvalue weighted by atomic mass is 9.95. The van der Waals surface area contributed by atoms with Gasteiger partial charge >= 0.3 is 0 Å². The Morgan fingerprint density at radius 1 is 1.00 bits per heavy atom. The van der Waals surface area contributed by atoms with Crippen LogP contribution in [0.15, 0.2) is 24.3 Å². The van der Waals surface area contributed by atoms with Crippen LogP contribution in [0.5, 0.6) is 0 Å². The second-order valence-electron chi connectivity index (χ2n) is 7.62. The van der Waals surface area contributed by atoms with Crippen LogP contribution >= 0.6 is 0 Å². The number of primary amides is 1. The van der Waals surface area contributed by atoms with Gasteiger partial charge in [0.05, 0.1) is 0 Å². The van der Waals surface area contributed by atoms with E-state index in [4.69, 9.17) is 5.73 Å². The molecule has 1 aromatic carbocycles. The number of rotatable bonds is 4. The molecule has 0 spiro atoms. The monoisotopic (exact) mass is 343 g/mol. The predicted octanol–water partition coefficient (Wildman–Crippen LogP) is 2.26.